The van der Waals surface area contributed by atoms with E-state index < -0.39 is 0 Å². The van der Waals surface area contributed by atoms with E-state index in [0.717, 1.165) is 39.3 Å². The maximum atomic E-state index is 5.56. The van der Waals surface area contributed by atoms with Gasteiger partial charge in [0.1, 0.15) is 0 Å². The van der Waals surface area contributed by atoms with Crippen molar-refractivity contribution in [2.75, 3.05) is 40.0 Å². The predicted molar refractivity (Wildman–Crippen MR) is 62.1 cm³/mol. The minimum atomic E-state index is 0.297. The molecular weight excluding hydrogens is 190 g/mol. The molecule has 1 heterocycles. The Bertz CT molecular complexity index is 167. The van der Waals surface area contributed by atoms with Gasteiger partial charge in [-0.2, -0.15) is 0 Å². The molecule has 0 radical (unpaired) electrons. The molecule has 3 heteroatoms. The molecule has 0 spiro atoms. The molecule has 0 aromatic rings. The molecule has 15 heavy (non-hydrogen) atoms. The van der Waals surface area contributed by atoms with Crippen LogP contribution >= 0.6 is 0 Å². The van der Waals surface area contributed by atoms with E-state index in [1.165, 1.54) is 6.42 Å². The zero-order chi connectivity index (χ0) is 11.1. The molecule has 0 aromatic carbocycles. The van der Waals surface area contributed by atoms with Crippen LogP contribution in [-0.4, -0.2) is 40.0 Å². The van der Waals surface area contributed by atoms with Crippen molar-refractivity contribution in [3.63, 3.8) is 0 Å². The van der Waals surface area contributed by atoms with Crippen LogP contribution in [0.3, 0.4) is 0 Å². The molecule has 0 aromatic heterocycles. The fourth-order valence-electron chi connectivity index (χ4n) is 2.27. The highest BCUT2D eigenvalue weighted by Crippen LogP contribution is 2.36. The molecule has 1 N–H and O–H groups in total. The maximum absolute atomic E-state index is 5.56. The molecule has 1 fully saturated rings. The normalized spacial score (nSPS) is 28.2. The molecular formula is C12H25NO2. The third-order valence-electron chi connectivity index (χ3n) is 3.50. The summed E-state index contributed by atoms with van der Waals surface area (Å²) in [6.45, 7) is 9.25. The first-order valence-corrected chi connectivity index (χ1v) is 6.02. The van der Waals surface area contributed by atoms with E-state index in [9.17, 15) is 0 Å². The Morgan fingerprint density at radius 1 is 1.53 bits per heavy atom. The van der Waals surface area contributed by atoms with Gasteiger partial charge in [0.15, 0.2) is 0 Å². The molecule has 2 atom stereocenters. The van der Waals surface area contributed by atoms with Gasteiger partial charge in [-0.1, -0.05) is 13.8 Å². The zero-order valence-electron chi connectivity index (χ0n) is 10.3. The Kier molecular flexibility index (Phi) is 5.58. The van der Waals surface area contributed by atoms with Gasteiger partial charge in [-0.05, 0) is 25.3 Å². The molecule has 0 aliphatic carbocycles. The van der Waals surface area contributed by atoms with Crippen LogP contribution in [-0.2, 0) is 9.47 Å². The van der Waals surface area contributed by atoms with E-state index in [2.05, 4.69) is 19.2 Å². The average molecular weight is 215 g/mol. The van der Waals surface area contributed by atoms with Crippen molar-refractivity contribution >= 4 is 0 Å². The Morgan fingerprint density at radius 3 is 2.87 bits per heavy atom. The topological polar surface area (TPSA) is 30.5 Å². The lowest BCUT2D eigenvalue weighted by molar-refractivity contribution is 0.0547. The Labute approximate surface area is 93.5 Å². The fraction of sp³-hybridized carbons (Fsp3) is 1.00. The predicted octanol–water partition coefficient (Wildman–Crippen LogP) is 1.68. The second-order valence-electron chi connectivity index (χ2n) is 4.70. The lowest BCUT2D eigenvalue weighted by atomic mass is 9.76. The van der Waals surface area contributed by atoms with Gasteiger partial charge in [0, 0.05) is 32.3 Å². The van der Waals surface area contributed by atoms with Crippen molar-refractivity contribution in [1.29, 1.82) is 0 Å². The van der Waals surface area contributed by atoms with Crippen LogP contribution in [0.5, 0.6) is 0 Å². The standard InChI is InChI=1S/C12H25NO2/c1-4-6-13-9-12(5-7-15-10-12)11(2)8-14-3/h11,13H,4-10H2,1-3H3. The third kappa shape index (κ3) is 3.44. The van der Waals surface area contributed by atoms with E-state index in [-0.39, 0.29) is 0 Å². The summed E-state index contributed by atoms with van der Waals surface area (Å²) in [6, 6.07) is 0. The van der Waals surface area contributed by atoms with E-state index >= 15 is 0 Å². The molecule has 90 valence electrons. The summed E-state index contributed by atoms with van der Waals surface area (Å²) >= 11 is 0. The van der Waals surface area contributed by atoms with Gasteiger partial charge >= 0.3 is 0 Å². The van der Waals surface area contributed by atoms with Crippen LogP contribution in [0.1, 0.15) is 26.7 Å². The van der Waals surface area contributed by atoms with Crippen molar-refractivity contribution in [2.45, 2.75) is 26.7 Å². The smallest absolute Gasteiger partial charge is 0.0538 e. The first kappa shape index (κ1) is 12.9. The zero-order valence-corrected chi connectivity index (χ0v) is 10.3. The summed E-state index contributed by atoms with van der Waals surface area (Å²) in [5, 5.41) is 3.52. The Balaban J connectivity index is 2.45. The Morgan fingerprint density at radius 2 is 2.33 bits per heavy atom. The van der Waals surface area contributed by atoms with Crippen LogP contribution in [0.2, 0.25) is 0 Å². The summed E-state index contributed by atoms with van der Waals surface area (Å²) in [6.07, 6.45) is 2.35. The number of rotatable bonds is 7. The molecule has 1 aliphatic rings. The minimum Gasteiger partial charge on any atom is -0.384 e. The van der Waals surface area contributed by atoms with Crippen molar-refractivity contribution in [3.05, 3.63) is 0 Å². The Hall–Kier alpha value is -0.120. The number of methoxy groups -OCH3 is 1. The maximum Gasteiger partial charge on any atom is 0.0538 e. The highest BCUT2D eigenvalue weighted by atomic mass is 16.5. The lowest BCUT2D eigenvalue weighted by Crippen LogP contribution is -2.42. The summed E-state index contributed by atoms with van der Waals surface area (Å²) < 4.78 is 10.8. The van der Waals surface area contributed by atoms with Crippen molar-refractivity contribution < 1.29 is 9.47 Å². The first-order chi connectivity index (χ1) is 7.25. The summed E-state index contributed by atoms with van der Waals surface area (Å²) in [7, 11) is 1.78. The van der Waals surface area contributed by atoms with Gasteiger partial charge in [-0.25, -0.2) is 0 Å². The molecule has 3 nitrogen and oxygen atoms in total. The molecule has 0 amide bonds. The fourth-order valence-corrected chi connectivity index (χ4v) is 2.27. The summed E-state index contributed by atoms with van der Waals surface area (Å²) in [5.41, 5.74) is 0.297. The second-order valence-corrected chi connectivity index (χ2v) is 4.70. The number of nitrogens with one attached hydrogen (secondary N) is 1. The molecule has 2 unspecified atom stereocenters. The highest BCUT2D eigenvalue weighted by Gasteiger charge is 2.39. The van der Waals surface area contributed by atoms with Gasteiger partial charge in [0.25, 0.3) is 0 Å². The van der Waals surface area contributed by atoms with Gasteiger partial charge in [-0.15, -0.1) is 0 Å². The highest BCUT2D eigenvalue weighted by molar-refractivity contribution is 4.89. The van der Waals surface area contributed by atoms with Crippen molar-refractivity contribution in [3.8, 4) is 0 Å². The van der Waals surface area contributed by atoms with Crippen LogP contribution in [0.25, 0.3) is 0 Å². The van der Waals surface area contributed by atoms with E-state index in [1.807, 2.05) is 0 Å². The van der Waals surface area contributed by atoms with E-state index in [4.69, 9.17) is 9.47 Å². The quantitative estimate of drug-likeness (QED) is 0.655. The van der Waals surface area contributed by atoms with Crippen LogP contribution in [0.4, 0.5) is 0 Å². The van der Waals surface area contributed by atoms with Crippen LogP contribution in [0, 0.1) is 11.3 Å². The van der Waals surface area contributed by atoms with Crippen molar-refractivity contribution in [2.24, 2.45) is 11.3 Å². The van der Waals surface area contributed by atoms with Gasteiger partial charge in [0.2, 0.25) is 0 Å². The van der Waals surface area contributed by atoms with Crippen molar-refractivity contribution in [1.82, 2.24) is 5.32 Å². The monoisotopic (exact) mass is 215 g/mol. The molecule has 1 rings (SSSR count). The first-order valence-electron chi connectivity index (χ1n) is 6.02. The van der Waals surface area contributed by atoms with Gasteiger partial charge < -0.3 is 14.8 Å². The summed E-state index contributed by atoms with van der Waals surface area (Å²) in [4.78, 5) is 0. The summed E-state index contributed by atoms with van der Waals surface area (Å²) in [5.74, 6) is 0.564. The molecule has 0 saturated carbocycles. The largest absolute Gasteiger partial charge is 0.384 e. The number of hydrogen-bond acceptors (Lipinski definition) is 3. The average Bonchev–Trinajstić information content (AvgIpc) is 2.69. The van der Waals surface area contributed by atoms with Crippen LogP contribution < -0.4 is 5.32 Å². The third-order valence-corrected chi connectivity index (χ3v) is 3.50. The minimum absolute atomic E-state index is 0.297. The number of ether oxygens (including phenoxy) is 2. The second kappa shape index (κ2) is 6.46. The SMILES string of the molecule is CCCNCC1(C(C)COC)CCOC1. The molecule has 1 saturated heterocycles. The van der Waals surface area contributed by atoms with Crippen LogP contribution in [0.15, 0.2) is 0 Å². The number of hydrogen-bond donors (Lipinski definition) is 1. The van der Waals surface area contributed by atoms with E-state index in [1.54, 1.807) is 7.11 Å². The lowest BCUT2D eigenvalue weighted by Gasteiger charge is -2.34. The van der Waals surface area contributed by atoms with E-state index in [0.29, 0.717) is 11.3 Å². The van der Waals surface area contributed by atoms with Gasteiger partial charge in [-0.3, -0.25) is 0 Å². The van der Waals surface area contributed by atoms with Gasteiger partial charge in [0.05, 0.1) is 6.61 Å². The molecule has 0 bridgehead atoms. The molecule has 1 aliphatic heterocycles.